The molecule has 0 aliphatic heterocycles. The first-order valence-corrected chi connectivity index (χ1v) is 5.38. The fraction of sp³-hybridized carbons (Fsp3) is 1.00. The van der Waals surface area contributed by atoms with Gasteiger partial charge in [-0.25, -0.2) is 0 Å². The molecule has 3 heteroatoms. The van der Waals surface area contributed by atoms with Gasteiger partial charge in [0.1, 0.15) is 0 Å². The van der Waals surface area contributed by atoms with Crippen LogP contribution in [0.1, 0.15) is 32.6 Å². The molecule has 13 heavy (non-hydrogen) atoms. The molecular weight excluding hydrogens is 164 g/mol. The fourth-order valence-corrected chi connectivity index (χ4v) is 2.14. The Labute approximate surface area is 80.7 Å². The molecular formula is C10H22N2O. The maximum atomic E-state index is 9.05. The third-order valence-corrected chi connectivity index (χ3v) is 3.12. The van der Waals surface area contributed by atoms with E-state index in [9.17, 15) is 0 Å². The fourth-order valence-electron chi connectivity index (χ4n) is 2.14. The minimum absolute atomic E-state index is 0.240. The van der Waals surface area contributed by atoms with Gasteiger partial charge in [0.15, 0.2) is 0 Å². The molecule has 3 nitrogen and oxygen atoms in total. The number of hydrogen-bond donors (Lipinski definition) is 3. The van der Waals surface area contributed by atoms with Gasteiger partial charge in [0, 0.05) is 12.1 Å². The predicted octanol–water partition coefficient (Wildman–Crippen LogP) is 0.474. The Morgan fingerprint density at radius 2 is 2.31 bits per heavy atom. The monoisotopic (exact) mass is 186 g/mol. The van der Waals surface area contributed by atoms with E-state index in [2.05, 4.69) is 12.2 Å². The Morgan fingerprint density at radius 3 is 2.85 bits per heavy atom. The van der Waals surface area contributed by atoms with Crippen molar-refractivity contribution in [3.8, 4) is 0 Å². The largest absolute Gasteiger partial charge is 0.395 e. The predicted molar refractivity (Wildman–Crippen MR) is 54.5 cm³/mol. The number of nitrogens with two attached hydrogens (primary N) is 1. The summed E-state index contributed by atoms with van der Waals surface area (Å²) in [5.41, 5.74) is 5.68. The van der Waals surface area contributed by atoms with Gasteiger partial charge in [-0.1, -0.05) is 13.3 Å². The molecule has 2 unspecified atom stereocenters. The van der Waals surface area contributed by atoms with Gasteiger partial charge in [-0.05, 0) is 31.7 Å². The topological polar surface area (TPSA) is 58.3 Å². The van der Waals surface area contributed by atoms with Crippen LogP contribution in [0, 0.1) is 5.92 Å². The Morgan fingerprint density at radius 1 is 1.54 bits per heavy atom. The molecule has 0 heterocycles. The Kier molecular flexibility index (Phi) is 4.70. The van der Waals surface area contributed by atoms with E-state index < -0.39 is 0 Å². The molecule has 78 valence electrons. The summed E-state index contributed by atoms with van der Waals surface area (Å²) < 4.78 is 0. The van der Waals surface area contributed by atoms with Crippen LogP contribution in [0.3, 0.4) is 0 Å². The zero-order valence-electron chi connectivity index (χ0n) is 8.50. The van der Waals surface area contributed by atoms with Gasteiger partial charge in [0.05, 0.1) is 6.61 Å². The highest BCUT2D eigenvalue weighted by molar-refractivity contribution is 4.85. The highest BCUT2D eigenvalue weighted by Crippen LogP contribution is 2.25. The standard InChI is InChI=1S/C10H22N2O/c1-2-9(7-13)12-10-5-3-4-8(10)6-11/h8-10,12-13H,2-7,11H2,1H3/t8?,9-,10?/m1/s1. The maximum absolute atomic E-state index is 9.05. The van der Waals surface area contributed by atoms with Crippen molar-refractivity contribution in [3.63, 3.8) is 0 Å². The first-order chi connectivity index (χ1) is 6.31. The van der Waals surface area contributed by atoms with Gasteiger partial charge >= 0.3 is 0 Å². The van der Waals surface area contributed by atoms with E-state index in [-0.39, 0.29) is 12.6 Å². The molecule has 0 aromatic heterocycles. The number of rotatable bonds is 5. The minimum atomic E-state index is 0.240. The van der Waals surface area contributed by atoms with Gasteiger partial charge in [0.25, 0.3) is 0 Å². The first-order valence-electron chi connectivity index (χ1n) is 5.38. The molecule has 1 aliphatic carbocycles. The number of nitrogens with one attached hydrogen (secondary N) is 1. The van der Waals surface area contributed by atoms with Crippen molar-refractivity contribution >= 4 is 0 Å². The van der Waals surface area contributed by atoms with Crippen LogP contribution in [-0.2, 0) is 0 Å². The smallest absolute Gasteiger partial charge is 0.0584 e. The molecule has 0 aromatic rings. The van der Waals surface area contributed by atoms with E-state index in [4.69, 9.17) is 10.8 Å². The molecule has 1 rings (SSSR count). The van der Waals surface area contributed by atoms with Crippen LogP contribution >= 0.6 is 0 Å². The van der Waals surface area contributed by atoms with Crippen LogP contribution in [0.25, 0.3) is 0 Å². The quantitative estimate of drug-likeness (QED) is 0.585. The molecule has 0 spiro atoms. The van der Waals surface area contributed by atoms with Gasteiger partial charge in [0.2, 0.25) is 0 Å². The van der Waals surface area contributed by atoms with Gasteiger partial charge in [-0.15, -0.1) is 0 Å². The van der Waals surface area contributed by atoms with E-state index in [0.29, 0.717) is 12.0 Å². The van der Waals surface area contributed by atoms with Crippen molar-refractivity contribution in [2.45, 2.75) is 44.7 Å². The zero-order valence-corrected chi connectivity index (χ0v) is 8.50. The minimum Gasteiger partial charge on any atom is -0.395 e. The summed E-state index contributed by atoms with van der Waals surface area (Å²) in [5, 5.41) is 12.5. The lowest BCUT2D eigenvalue weighted by Gasteiger charge is -2.24. The molecule has 0 aromatic carbocycles. The van der Waals surface area contributed by atoms with Crippen molar-refractivity contribution in [3.05, 3.63) is 0 Å². The molecule has 0 amide bonds. The van der Waals surface area contributed by atoms with Gasteiger partial charge < -0.3 is 16.2 Å². The van der Waals surface area contributed by atoms with E-state index >= 15 is 0 Å². The summed E-state index contributed by atoms with van der Waals surface area (Å²) in [5.74, 6) is 0.626. The molecule has 1 aliphatic rings. The second kappa shape index (κ2) is 5.58. The lowest BCUT2D eigenvalue weighted by atomic mass is 10.0. The highest BCUT2D eigenvalue weighted by Gasteiger charge is 2.26. The number of aliphatic hydroxyl groups is 1. The lowest BCUT2D eigenvalue weighted by Crippen LogP contribution is -2.43. The third-order valence-electron chi connectivity index (χ3n) is 3.12. The summed E-state index contributed by atoms with van der Waals surface area (Å²) in [6.45, 7) is 3.12. The van der Waals surface area contributed by atoms with Crippen LogP contribution in [0.4, 0.5) is 0 Å². The summed E-state index contributed by atoms with van der Waals surface area (Å²) in [4.78, 5) is 0. The van der Waals surface area contributed by atoms with Crippen LogP contribution in [0.15, 0.2) is 0 Å². The van der Waals surface area contributed by atoms with E-state index in [1.54, 1.807) is 0 Å². The molecule has 0 bridgehead atoms. The second-order valence-corrected chi connectivity index (χ2v) is 3.99. The average Bonchev–Trinajstić information content (AvgIpc) is 2.61. The van der Waals surface area contributed by atoms with Crippen LogP contribution in [0.2, 0.25) is 0 Å². The van der Waals surface area contributed by atoms with Gasteiger partial charge in [-0.2, -0.15) is 0 Å². The highest BCUT2D eigenvalue weighted by atomic mass is 16.3. The second-order valence-electron chi connectivity index (χ2n) is 3.99. The summed E-state index contributed by atoms with van der Waals surface area (Å²) >= 11 is 0. The maximum Gasteiger partial charge on any atom is 0.0584 e. The van der Waals surface area contributed by atoms with E-state index in [1.165, 1.54) is 19.3 Å². The average molecular weight is 186 g/mol. The molecule has 1 saturated carbocycles. The molecule has 1 fully saturated rings. The van der Waals surface area contributed by atoms with Crippen molar-refractivity contribution in [1.29, 1.82) is 0 Å². The van der Waals surface area contributed by atoms with E-state index in [1.807, 2.05) is 0 Å². The van der Waals surface area contributed by atoms with Gasteiger partial charge in [-0.3, -0.25) is 0 Å². The molecule has 0 radical (unpaired) electrons. The number of aliphatic hydroxyl groups excluding tert-OH is 1. The van der Waals surface area contributed by atoms with Crippen LogP contribution < -0.4 is 11.1 Å². The number of hydrogen-bond acceptors (Lipinski definition) is 3. The van der Waals surface area contributed by atoms with Crippen LogP contribution in [-0.4, -0.2) is 30.3 Å². The van der Waals surface area contributed by atoms with Crippen molar-refractivity contribution < 1.29 is 5.11 Å². The SMILES string of the molecule is CC[C@H](CO)NC1CCCC1CN. The normalized spacial score (nSPS) is 30.7. The van der Waals surface area contributed by atoms with E-state index in [0.717, 1.165) is 13.0 Å². The zero-order chi connectivity index (χ0) is 9.68. The molecule has 0 saturated heterocycles. The summed E-state index contributed by atoms with van der Waals surface area (Å²) in [6, 6.07) is 0.805. The summed E-state index contributed by atoms with van der Waals surface area (Å²) in [7, 11) is 0. The summed E-state index contributed by atoms with van der Waals surface area (Å²) in [6.07, 6.45) is 4.74. The lowest BCUT2D eigenvalue weighted by molar-refractivity contribution is 0.218. The van der Waals surface area contributed by atoms with Crippen molar-refractivity contribution in [2.24, 2.45) is 11.7 Å². The Hall–Kier alpha value is -0.120. The third kappa shape index (κ3) is 2.93. The Bertz CT molecular complexity index is 137. The molecule has 4 N–H and O–H groups in total. The van der Waals surface area contributed by atoms with Crippen molar-refractivity contribution in [2.75, 3.05) is 13.2 Å². The first kappa shape index (κ1) is 11.0. The molecule has 3 atom stereocenters. The Balaban J connectivity index is 2.33. The van der Waals surface area contributed by atoms with Crippen LogP contribution in [0.5, 0.6) is 0 Å². The van der Waals surface area contributed by atoms with Crippen molar-refractivity contribution in [1.82, 2.24) is 5.32 Å².